The van der Waals surface area contributed by atoms with Gasteiger partial charge in [-0.3, -0.25) is 9.69 Å². The fraction of sp³-hybridized carbons (Fsp3) is 0.238. The molecule has 2 heterocycles. The lowest BCUT2D eigenvalue weighted by molar-refractivity contribution is -0.123. The molecular weight excluding hydrogens is 362 g/mol. The topological polar surface area (TPSA) is 29.5 Å². The summed E-state index contributed by atoms with van der Waals surface area (Å²) < 4.78 is 6.35. The highest BCUT2D eigenvalue weighted by molar-refractivity contribution is 8.26. The summed E-state index contributed by atoms with van der Waals surface area (Å²) in [6, 6.07) is 16.0. The van der Waals surface area contributed by atoms with Crippen LogP contribution in [0.1, 0.15) is 36.6 Å². The molecule has 2 atom stereocenters. The Labute approximate surface area is 163 Å². The summed E-state index contributed by atoms with van der Waals surface area (Å²) in [7, 11) is 0. The summed E-state index contributed by atoms with van der Waals surface area (Å²) in [6.07, 6.45) is 3.05. The Balaban J connectivity index is 1.59. The predicted octanol–water partition coefficient (Wildman–Crippen LogP) is 4.97. The van der Waals surface area contributed by atoms with Gasteiger partial charge in [0.2, 0.25) is 0 Å². The van der Waals surface area contributed by atoms with Gasteiger partial charge in [0.05, 0.1) is 10.9 Å². The van der Waals surface area contributed by atoms with E-state index < -0.39 is 0 Å². The zero-order valence-corrected chi connectivity index (χ0v) is 16.3. The number of rotatable bonds is 3. The molecule has 2 aliphatic rings. The molecule has 2 aromatic rings. The van der Waals surface area contributed by atoms with Crippen molar-refractivity contribution in [2.75, 3.05) is 0 Å². The lowest BCUT2D eigenvalue weighted by Gasteiger charge is -2.23. The third-order valence-corrected chi connectivity index (χ3v) is 6.04. The Bertz CT molecular complexity index is 907. The largest absolute Gasteiger partial charge is 0.490 e. The van der Waals surface area contributed by atoms with Crippen molar-refractivity contribution in [1.29, 1.82) is 0 Å². The van der Waals surface area contributed by atoms with E-state index in [0.717, 1.165) is 23.3 Å². The second kappa shape index (κ2) is 6.89. The molecular formula is C21H19NO2S2. The van der Waals surface area contributed by atoms with E-state index in [1.165, 1.54) is 17.3 Å². The van der Waals surface area contributed by atoms with Crippen molar-refractivity contribution >= 4 is 40.3 Å². The summed E-state index contributed by atoms with van der Waals surface area (Å²) in [4.78, 5) is 15.3. The smallest absolute Gasteiger partial charge is 0.266 e. The van der Waals surface area contributed by atoms with Crippen LogP contribution in [0.2, 0.25) is 0 Å². The van der Waals surface area contributed by atoms with E-state index in [9.17, 15) is 4.79 Å². The number of hydrogen-bond acceptors (Lipinski definition) is 4. The van der Waals surface area contributed by atoms with Crippen molar-refractivity contribution in [2.24, 2.45) is 0 Å². The number of nitrogens with zero attached hydrogens (tertiary/aromatic N) is 1. The van der Waals surface area contributed by atoms with Gasteiger partial charge in [0.1, 0.15) is 16.2 Å². The molecule has 0 aliphatic carbocycles. The van der Waals surface area contributed by atoms with Crippen LogP contribution in [0, 0.1) is 0 Å². The Kier molecular flexibility index (Phi) is 4.59. The van der Waals surface area contributed by atoms with Gasteiger partial charge < -0.3 is 4.74 Å². The zero-order chi connectivity index (χ0) is 18.3. The van der Waals surface area contributed by atoms with Gasteiger partial charge in [0.15, 0.2) is 0 Å². The summed E-state index contributed by atoms with van der Waals surface area (Å²) in [5.41, 5.74) is 3.28. The van der Waals surface area contributed by atoms with Crippen LogP contribution in [0.3, 0.4) is 0 Å². The standard InChI is InChI=1S/C21H19NO2S2/c1-13-10-17-11-15(8-9-18(17)24-13)12-19-20(23)22(21(25)26-19)14(2)16-6-4-3-5-7-16/h3-9,11-14H,10H2,1-2H3/b19-12+. The Morgan fingerprint density at radius 1 is 1.27 bits per heavy atom. The molecule has 0 saturated carbocycles. The summed E-state index contributed by atoms with van der Waals surface area (Å²) in [6.45, 7) is 4.08. The van der Waals surface area contributed by atoms with Gasteiger partial charge in [0, 0.05) is 6.42 Å². The minimum atomic E-state index is -0.0797. The van der Waals surface area contributed by atoms with Gasteiger partial charge in [-0.1, -0.05) is 60.4 Å². The maximum absolute atomic E-state index is 12.9. The molecule has 5 heteroatoms. The number of thioether (sulfide) groups is 1. The van der Waals surface area contributed by atoms with Crippen molar-refractivity contribution < 1.29 is 9.53 Å². The van der Waals surface area contributed by atoms with E-state index >= 15 is 0 Å². The SMILES string of the molecule is CC1Cc2cc(/C=C3/SC(=S)N(C(C)c4ccccc4)C3=O)ccc2O1. The highest BCUT2D eigenvalue weighted by atomic mass is 32.2. The van der Waals surface area contributed by atoms with Gasteiger partial charge in [0.25, 0.3) is 5.91 Å². The average Bonchev–Trinajstić information content (AvgIpc) is 3.13. The van der Waals surface area contributed by atoms with E-state index in [0.29, 0.717) is 9.23 Å². The van der Waals surface area contributed by atoms with E-state index in [1.54, 1.807) is 4.90 Å². The number of thiocarbonyl (C=S) groups is 1. The highest BCUT2D eigenvalue weighted by Gasteiger charge is 2.36. The van der Waals surface area contributed by atoms with Gasteiger partial charge in [-0.25, -0.2) is 0 Å². The molecule has 1 amide bonds. The first-order chi connectivity index (χ1) is 12.5. The van der Waals surface area contributed by atoms with Crippen LogP contribution in [0.5, 0.6) is 5.75 Å². The first kappa shape index (κ1) is 17.3. The number of carbonyl (C=O) groups excluding carboxylic acids is 1. The van der Waals surface area contributed by atoms with Crippen LogP contribution >= 0.6 is 24.0 Å². The van der Waals surface area contributed by atoms with E-state index in [2.05, 4.69) is 13.0 Å². The summed E-state index contributed by atoms with van der Waals surface area (Å²) in [5.74, 6) is 0.918. The number of ether oxygens (including phenoxy) is 1. The van der Waals surface area contributed by atoms with Gasteiger partial charge in [-0.15, -0.1) is 0 Å². The number of fused-ring (bicyclic) bond motifs is 1. The molecule has 132 valence electrons. The number of carbonyl (C=O) groups is 1. The second-order valence-corrected chi connectivity index (χ2v) is 8.31. The monoisotopic (exact) mass is 381 g/mol. The molecule has 26 heavy (non-hydrogen) atoms. The molecule has 2 aliphatic heterocycles. The maximum Gasteiger partial charge on any atom is 0.266 e. The molecule has 0 spiro atoms. The second-order valence-electron chi connectivity index (χ2n) is 6.64. The number of hydrogen-bond donors (Lipinski definition) is 0. The summed E-state index contributed by atoms with van der Waals surface area (Å²) in [5, 5.41) is 0. The zero-order valence-electron chi connectivity index (χ0n) is 14.6. The van der Waals surface area contributed by atoms with Crippen molar-refractivity contribution in [2.45, 2.75) is 32.4 Å². The van der Waals surface area contributed by atoms with Crippen LogP contribution in [0.15, 0.2) is 53.4 Å². The fourth-order valence-corrected chi connectivity index (χ4v) is 4.80. The minimum Gasteiger partial charge on any atom is -0.490 e. The Morgan fingerprint density at radius 2 is 2.04 bits per heavy atom. The molecule has 1 saturated heterocycles. The van der Waals surface area contributed by atoms with E-state index in [-0.39, 0.29) is 18.1 Å². The molecule has 0 aromatic heterocycles. The average molecular weight is 382 g/mol. The molecule has 0 bridgehead atoms. The lowest BCUT2D eigenvalue weighted by atomic mass is 10.1. The van der Waals surface area contributed by atoms with Gasteiger partial charge in [-0.05, 0) is 48.7 Å². The Morgan fingerprint density at radius 3 is 2.81 bits per heavy atom. The molecule has 1 fully saturated rings. The number of amides is 1. The van der Waals surface area contributed by atoms with E-state index in [4.69, 9.17) is 17.0 Å². The molecule has 3 nitrogen and oxygen atoms in total. The minimum absolute atomic E-state index is 0.0264. The third-order valence-electron chi connectivity index (χ3n) is 4.71. The van der Waals surface area contributed by atoms with Crippen molar-refractivity contribution in [3.05, 3.63) is 70.1 Å². The predicted molar refractivity (Wildman–Crippen MR) is 110 cm³/mol. The molecule has 2 unspecified atom stereocenters. The van der Waals surface area contributed by atoms with Crippen LogP contribution in [-0.4, -0.2) is 21.2 Å². The normalized spacial score (nSPS) is 21.8. The summed E-state index contributed by atoms with van der Waals surface area (Å²) >= 11 is 6.86. The van der Waals surface area contributed by atoms with Gasteiger partial charge in [-0.2, -0.15) is 0 Å². The highest BCUT2D eigenvalue weighted by Crippen LogP contribution is 2.38. The van der Waals surface area contributed by atoms with Crippen molar-refractivity contribution in [3.63, 3.8) is 0 Å². The van der Waals surface area contributed by atoms with Crippen molar-refractivity contribution in [3.8, 4) is 5.75 Å². The van der Waals surface area contributed by atoms with Crippen LogP contribution < -0.4 is 4.74 Å². The molecule has 2 aromatic carbocycles. The van der Waals surface area contributed by atoms with Crippen LogP contribution in [0.4, 0.5) is 0 Å². The van der Waals surface area contributed by atoms with Crippen LogP contribution in [0.25, 0.3) is 6.08 Å². The maximum atomic E-state index is 12.9. The first-order valence-corrected chi connectivity index (χ1v) is 9.87. The van der Waals surface area contributed by atoms with Crippen LogP contribution in [-0.2, 0) is 11.2 Å². The molecule has 4 rings (SSSR count). The van der Waals surface area contributed by atoms with E-state index in [1.807, 2.05) is 55.5 Å². The quantitative estimate of drug-likeness (QED) is 0.554. The lowest BCUT2D eigenvalue weighted by Crippen LogP contribution is -2.30. The number of benzene rings is 2. The molecule has 0 N–H and O–H groups in total. The van der Waals surface area contributed by atoms with Crippen molar-refractivity contribution in [1.82, 2.24) is 4.90 Å². The van der Waals surface area contributed by atoms with Gasteiger partial charge >= 0.3 is 0 Å². The fourth-order valence-electron chi connectivity index (χ4n) is 3.38. The first-order valence-electron chi connectivity index (χ1n) is 8.64. The molecule has 0 radical (unpaired) electrons. The third kappa shape index (κ3) is 3.17. The Hall–Kier alpha value is -2.11.